The molecule has 5 nitrogen and oxygen atoms in total. The molecule has 3 aromatic rings. The Morgan fingerprint density at radius 3 is 2.81 bits per heavy atom. The minimum absolute atomic E-state index is 0.0958. The Balaban J connectivity index is 1.58. The molecule has 0 spiro atoms. The molecule has 0 unspecified atom stereocenters. The molecule has 1 aliphatic heterocycles. The Morgan fingerprint density at radius 1 is 1.15 bits per heavy atom. The molecule has 2 aromatic carbocycles. The van der Waals surface area contributed by atoms with Crippen LogP contribution in [0.4, 0.5) is 4.39 Å². The van der Waals surface area contributed by atoms with Crippen LogP contribution in [0.15, 0.2) is 60.8 Å². The molecule has 26 heavy (non-hydrogen) atoms. The molecule has 1 fully saturated rings. The van der Waals surface area contributed by atoms with Crippen LogP contribution in [-0.2, 0) is 0 Å². The van der Waals surface area contributed by atoms with Crippen molar-refractivity contribution in [1.82, 2.24) is 20.4 Å². The van der Waals surface area contributed by atoms with Gasteiger partial charge in [0, 0.05) is 31.2 Å². The second-order valence-electron chi connectivity index (χ2n) is 6.34. The lowest BCUT2D eigenvalue weighted by atomic mass is 10.0. The van der Waals surface area contributed by atoms with Gasteiger partial charge in [-0.1, -0.05) is 42.5 Å². The molecule has 0 saturated carbocycles. The predicted octanol–water partition coefficient (Wildman–Crippen LogP) is 3.00. The van der Waals surface area contributed by atoms with Gasteiger partial charge in [-0.2, -0.15) is 5.10 Å². The van der Waals surface area contributed by atoms with Crippen molar-refractivity contribution in [2.75, 3.05) is 19.6 Å². The smallest absolute Gasteiger partial charge is 0.257 e. The Labute approximate surface area is 150 Å². The molecule has 2 heterocycles. The maximum Gasteiger partial charge on any atom is 0.257 e. The summed E-state index contributed by atoms with van der Waals surface area (Å²) in [5, 5.41) is 10.3. The van der Waals surface area contributed by atoms with E-state index in [1.807, 2.05) is 23.1 Å². The third-order valence-electron chi connectivity index (χ3n) is 4.65. The van der Waals surface area contributed by atoms with Gasteiger partial charge in [-0.05, 0) is 17.7 Å². The lowest BCUT2D eigenvalue weighted by molar-refractivity contribution is 0.0704. The molecule has 4 rings (SSSR count). The second kappa shape index (κ2) is 7.09. The number of aromatic amines is 1. The van der Waals surface area contributed by atoms with Gasteiger partial charge < -0.3 is 10.2 Å². The highest BCUT2D eigenvalue weighted by Crippen LogP contribution is 2.25. The zero-order valence-electron chi connectivity index (χ0n) is 14.2. The van der Waals surface area contributed by atoms with Crippen LogP contribution in [0.1, 0.15) is 22.0 Å². The number of benzene rings is 2. The van der Waals surface area contributed by atoms with E-state index < -0.39 is 0 Å². The van der Waals surface area contributed by atoms with Gasteiger partial charge in [0.1, 0.15) is 5.82 Å². The van der Waals surface area contributed by atoms with E-state index in [1.54, 1.807) is 12.1 Å². The zero-order valence-corrected chi connectivity index (χ0v) is 14.2. The number of carbonyl (C=O) groups excluding carboxylic acids is 1. The van der Waals surface area contributed by atoms with Gasteiger partial charge in [0.05, 0.1) is 17.5 Å². The summed E-state index contributed by atoms with van der Waals surface area (Å²) in [4.78, 5) is 14.9. The number of carbonyl (C=O) groups is 1. The highest BCUT2D eigenvalue weighted by atomic mass is 19.1. The number of aromatic nitrogens is 2. The van der Waals surface area contributed by atoms with Crippen LogP contribution in [-0.4, -0.2) is 40.6 Å². The first kappa shape index (κ1) is 16.5. The van der Waals surface area contributed by atoms with Gasteiger partial charge in [-0.3, -0.25) is 9.89 Å². The van der Waals surface area contributed by atoms with Crippen LogP contribution in [0.3, 0.4) is 0 Å². The molecule has 132 valence electrons. The van der Waals surface area contributed by atoms with Gasteiger partial charge in [0.15, 0.2) is 0 Å². The average Bonchev–Trinajstić information content (AvgIpc) is 3.18. The van der Waals surface area contributed by atoms with Crippen molar-refractivity contribution < 1.29 is 9.18 Å². The first-order chi connectivity index (χ1) is 12.7. The molecule has 0 bridgehead atoms. The van der Waals surface area contributed by atoms with Crippen LogP contribution in [0.5, 0.6) is 0 Å². The first-order valence-electron chi connectivity index (χ1n) is 8.59. The van der Waals surface area contributed by atoms with Crippen molar-refractivity contribution in [3.63, 3.8) is 0 Å². The van der Waals surface area contributed by atoms with Crippen molar-refractivity contribution >= 4 is 5.91 Å². The molecular weight excluding hydrogens is 331 g/mol. The van der Waals surface area contributed by atoms with Crippen molar-refractivity contribution in [3.8, 4) is 11.3 Å². The standard InChI is InChI=1S/C20H19FN4O/c21-16-8-4-7-15(11-16)19-17(12-23-24-19)20(26)25-10-9-22-18(13-25)14-5-2-1-3-6-14/h1-8,11-12,18,22H,9-10,13H2,(H,23,24)/t18-/m0/s1. The number of nitrogens with zero attached hydrogens (tertiary/aromatic N) is 2. The summed E-state index contributed by atoms with van der Waals surface area (Å²) >= 11 is 0. The van der Waals surface area contributed by atoms with E-state index in [2.05, 4.69) is 27.6 Å². The van der Waals surface area contributed by atoms with E-state index in [0.29, 0.717) is 29.9 Å². The molecule has 1 amide bonds. The average molecular weight is 350 g/mol. The summed E-state index contributed by atoms with van der Waals surface area (Å²) in [5.74, 6) is -0.442. The highest BCUT2D eigenvalue weighted by molar-refractivity contribution is 5.99. The summed E-state index contributed by atoms with van der Waals surface area (Å²) in [6.45, 7) is 1.92. The summed E-state index contributed by atoms with van der Waals surface area (Å²) < 4.78 is 13.5. The van der Waals surface area contributed by atoms with Crippen molar-refractivity contribution in [3.05, 3.63) is 77.7 Å². The number of rotatable bonds is 3. The number of amides is 1. The van der Waals surface area contributed by atoms with Gasteiger partial charge in [0.25, 0.3) is 5.91 Å². The van der Waals surface area contributed by atoms with Crippen LogP contribution in [0, 0.1) is 5.82 Å². The third kappa shape index (κ3) is 3.23. The molecule has 2 N–H and O–H groups in total. The Hall–Kier alpha value is -2.99. The first-order valence-corrected chi connectivity index (χ1v) is 8.59. The SMILES string of the molecule is O=C(c1cn[nH]c1-c1cccc(F)c1)N1CCN[C@H](c2ccccc2)C1. The summed E-state index contributed by atoms with van der Waals surface area (Å²) in [6.07, 6.45) is 1.52. The predicted molar refractivity (Wildman–Crippen MR) is 97.1 cm³/mol. The number of halogens is 1. The molecule has 0 radical (unpaired) electrons. The normalized spacial score (nSPS) is 17.3. The molecule has 0 aliphatic carbocycles. The lowest BCUT2D eigenvalue weighted by Crippen LogP contribution is -2.48. The lowest BCUT2D eigenvalue weighted by Gasteiger charge is -2.34. The van der Waals surface area contributed by atoms with E-state index >= 15 is 0 Å². The molecule has 6 heteroatoms. The van der Waals surface area contributed by atoms with E-state index in [9.17, 15) is 9.18 Å². The van der Waals surface area contributed by atoms with Gasteiger partial charge in [0.2, 0.25) is 0 Å². The molecule has 1 saturated heterocycles. The van der Waals surface area contributed by atoms with E-state index in [0.717, 1.165) is 12.1 Å². The van der Waals surface area contributed by atoms with Crippen LogP contribution in [0.2, 0.25) is 0 Å². The fourth-order valence-electron chi connectivity index (χ4n) is 3.33. The second-order valence-corrected chi connectivity index (χ2v) is 6.34. The van der Waals surface area contributed by atoms with Crippen molar-refractivity contribution in [2.45, 2.75) is 6.04 Å². The topological polar surface area (TPSA) is 61.0 Å². The zero-order chi connectivity index (χ0) is 17.9. The largest absolute Gasteiger partial charge is 0.335 e. The Bertz CT molecular complexity index is 909. The quantitative estimate of drug-likeness (QED) is 0.763. The van der Waals surface area contributed by atoms with Gasteiger partial charge >= 0.3 is 0 Å². The monoisotopic (exact) mass is 350 g/mol. The Morgan fingerprint density at radius 2 is 2.00 bits per heavy atom. The number of H-pyrrole nitrogens is 1. The van der Waals surface area contributed by atoms with Crippen LogP contribution < -0.4 is 5.32 Å². The van der Waals surface area contributed by atoms with Crippen LogP contribution >= 0.6 is 0 Å². The maximum absolute atomic E-state index is 13.5. The van der Waals surface area contributed by atoms with Gasteiger partial charge in [-0.25, -0.2) is 4.39 Å². The highest BCUT2D eigenvalue weighted by Gasteiger charge is 2.27. The molecular formula is C20H19FN4O. The van der Waals surface area contributed by atoms with Gasteiger partial charge in [-0.15, -0.1) is 0 Å². The fourth-order valence-corrected chi connectivity index (χ4v) is 3.33. The number of piperazine rings is 1. The number of hydrogen-bond acceptors (Lipinski definition) is 3. The van der Waals surface area contributed by atoms with Crippen molar-refractivity contribution in [1.29, 1.82) is 0 Å². The molecule has 1 aromatic heterocycles. The third-order valence-corrected chi connectivity index (χ3v) is 4.65. The van der Waals surface area contributed by atoms with E-state index in [-0.39, 0.29) is 17.8 Å². The summed E-state index contributed by atoms with van der Waals surface area (Å²) in [6, 6.07) is 16.3. The van der Waals surface area contributed by atoms with Crippen molar-refractivity contribution in [2.24, 2.45) is 0 Å². The number of hydrogen-bond donors (Lipinski definition) is 2. The minimum atomic E-state index is -0.346. The molecule has 1 aliphatic rings. The summed E-state index contributed by atoms with van der Waals surface area (Å²) in [5.41, 5.74) is 2.77. The maximum atomic E-state index is 13.5. The fraction of sp³-hybridized carbons (Fsp3) is 0.200. The minimum Gasteiger partial charge on any atom is -0.335 e. The van der Waals surface area contributed by atoms with E-state index in [4.69, 9.17) is 0 Å². The van der Waals surface area contributed by atoms with Crippen LogP contribution in [0.25, 0.3) is 11.3 Å². The molecule has 1 atom stereocenters. The van der Waals surface area contributed by atoms with E-state index in [1.165, 1.54) is 18.3 Å². The number of nitrogens with one attached hydrogen (secondary N) is 2. The summed E-state index contributed by atoms with van der Waals surface area (Å²) in [7, 11) is 0. The Kier molecular flexibility index (Phi) is 4.50.